The van der Waals surface area contributed by atoms with Gasteiger partial charge in [0.2, 0.25) is 6.10 Å². The fraction of sp³-hybridized carbons (Fsp3) is 0.269. The number of hydrogen-bond donors (Lipinski definition) is 1. The van der Waals surface area contributed by atoms with Crippen molar-refractivity contribution in [3.63, 3.8) is 0 Å². The molecule has 1 aliphatic carbocycles. The normalized spacial score (nSPS) is 20.3. The van der Waals surface area contributed by atoms with E-state index in [1.54, 1.807) is 0 Å². The first-order valence-corrected chi connectivity index (χ1v) is 11.0. The van der Waals surface area contributed by atoms with E-state index in [0.29, 0.717) is 17.5 Å². The molecule has 3 aliphatic rings. The van der Waals surface area contributed by atoms with Gasteiger partial charge in [-0.15, -0.1) is 0 Å². The van der Waals surface area contributed by atoms with Gasteiger partial charge < -0.3 is 19.3 Å². The monoisotopic (exact) mass is 413 g/mol. The zero-order chi connectivity index (χ0) is 20.8. The third-order valence-corrected chi connectivity index (χ3v) is 6.74. The molecule has 5 nitrogen and oxygen atoms in total. The van der Waals surface area contributed by atoms with E-state index in [9.17, 15) is 4.79 Å². The first kappa shape index (κ1) is 18.5. The second-order valence-corrected chi connectivity index (χ2v) is 8.46. The number of carbonyl (C=O) groups is 1. The predicted molar refractivity (Wildman–Crippen MR) is 117 cm³/mol. The van der Waals surface area contributed by atoms with Crippen LogP contribution in [-0.4, -0.2) is 49.7 Å². The quantitative estimate of drug-likeness (QED) is 0.701. The SMILES string of the molecule is O=C([C@H]1COc2ccccc2O1)N1CC[NH+](C2c3ccccc3-c3ccccc32)CC1. The minimum absolute atomic E-state index is 0.0285. The molecule has 3 aromatic rings. The fourth-order valence-corrected chi connectivity index (χ4v) is 5.24. The smallest absolute Gasteiger partial charge is 0.267 e. The molecule has 5 heteroatoms. The average Bonchev–Trinajstić information content (AvgIpc) is 3.18. The third kappa shape index (κ3) is 3.08. The van der Waals surface area contributed by atoms with Crippen LogP contribution in [0.25, 0.3) is 11.1 Å². The number of amides is 1. The van der Waals surface area contributed by atoms with E-state index < -0.39 is 6.10 Å². The second kappa shape index (κ2) is 7.43. The van der Waals surface area contributed by atoms with Crippen molar-refractivity contribution < 1.29 is 19.2 Å². The highest BCUT2D eigenvalue weighted by Crippen LogP contribution is 2.41. The molecule has 1 atom stereocenters. The molecule has 2 aliphatic heterocycles. The van der Waals surface area contributed by atoms with Gasteiger partial charge in [-0.1, -0.05) is 60.7 Å². The number of piperazine rings is 1. The maximum Gasteiger partial charge on any atom is 0.267 e. The molecule has 0 unspecified atom stereocenters. The van der Waals surface area contributed by atoms with Gasteiger partial charge in [-0.05, 0) is 23.3 Å². The number of rotatable bonds is 2. The van der Waals surface area contributed by atoms with Crippen LogP contribution in [0.3, 0.4) is 0 Å². The van der Waals surface area contributed by atoms with Gasteiger partial charge in [-0.2, -0.15) is 0 Å². The maximum absolute atomic E-state index is 13.1. The van der Waals surface area contributed by atoms with Crippen LogP contribution in [0.1, 0.15) is 17.2 Å². The molecule has 1 N–H and O–H groups in total. The first-order chi connectivity index (χ1) is 15.3. The van der Waals surface area contributed by atoms with Gasteiger partial charge in [0.15, 0.2) is 11.5 Å². The Hall–Kier alpha value is -3.31. The number of carbonyl (C=O) groups excluding carboxylic acids is 1. The Bertz CT molecular complexity index is 1090. The molecule has 1 amide bonds. The number of para-hydroxylation sites is 2. The number of hydrogen-bond acceptors (Lipinski definition) is 3. The second-order valence-electron chi connectivity index (χ2n) is 8.46. The van der Waals surface area contributed by atoms with Crippen molar-refractivity contribution in [2.75, 3.05) is 32.8 Å². The molecular weight excluding hydrogens is 388 g/mol. The van der Waals surface area contributed by atoms with Crippen LogP contribution in [0.2, 0.25) is 0 Å². The van der Waals surface area contributed by atoms with Gasteiger partial charge in [0, 0.05) is 11.1 Å². The summed E-state index contributed by atoms with van der Waals surface area (Å²) in [4.78, 5) is 16.6. The van der Waals surface area contributed by atoms with Crippen LogP contribution in [0.15, 0.2) is 72.8 Å². The predicted octanol–water partition coefficient (Wildman–Crippen LogP) is 2.32. The van der Waals surface area contributed by atoms with Crippen LogP contribution in [0.5, 0.6) is 11.5 Å². The summed E-state index contributed by atoms with van der Waals surface area (Å²) in [7, 11) is 0. The van der Waals surface area contributed by atoms with Gasteiger partial charge in [0.1, 0.15) is 12.6 Å². The van der Waals surface area contributed by atoms with Crippen LogP contribution < -0.4 is 14.4 Å². The summed E-state index contributed by atoms with van der Waals surface area (Å²) in [6.45, 7) is 3.58. The van der Waals surface area contributed by atoms with E-state index in [1.165, 1.54) is 27.2 Å². The van der Waals surface area contributed by atoms with E-state index in [4.69, 9.17) is 9.47 Å². The maximum atomic E-state index is 13.1. The van der Waals surface area contributed by atoms with E-state index in [-0.39, 0.29) is 12.5 Å². The van der Waals surface area contributed by atoms with Gasteiger partial charge in [0.05, 0.1) is 26.2 Å². The van der Waals surface area contributed by atoms with Crippen LogP contribution in [0.4, 0.5) is 0 Å². The van der Waals surface area contributed by atoms with Crippen molar-refractivity contribution >= 4 is 5.91 Å². The summed E-state index contributed by atoms with van der Waals surface area (Å²) in [5, 5.41) is 0. The highest BCUT2D eigenvalue weighted by Gasteiger charge is 2.39. The molecule has 156 valence electrons. The lowest BCUT2D eigenvalue weighted by Gasteiger charge is -2.37. The Labute approximate surface area is 181 Å². The Morgan fingerprint density at radius 2 is 1.39 bits per heavy atom. The largest absolute Gasteiger partial charge is 0.485 e. The molecule has 3 aromatic carbocycles. The third-order valence-electron chi connectivity index (χ3n) is 6.74. The summed E-state index contributed by atoms with van der Waals surface area (Å²) >= 11 is 0. The van der Waals surface area contributed by atoms with Crippen molar-refractivity contribution in [2.24, 2.45) is 0 Å². The number of nitrogens with one attached hydrogen (secondary N) is 1. The molecule has 0 aromatic heterocycles. The molecule has 2 heterocycles. The fourth-order valence-electron chi connectivity index (χ4n) is 5.24. The molecule has 1 saturated heterocycles. The zero-order valence-electron chi connectivity index (χ0n) is 17.3. The summed E-state index contributed by atoms with van der Waals surface area (Å²) in [5.74, 6) is 1.38. The summed E-state index contributed by atoms with van der Waals surface area (Å²) in [6.07, 6.45) is -0.565. The summed E-state index contributed by atoms with van der Waals surface area (Å²) < 4.78 is 11.7. The minimum Gasteiger partial charge on any atom is -0.485 e. The van der Waals surface area contributed by atoms with Crippen LogP contribution in [0, 0.1) is 0 Å². The highest BCUT2D eigenvalue weighted by atomic mass is 16.6. The van der Waals surface area contributed by atoms with Crippen molar-refractivity contribution in [3.8, 4) is 22.6 Å². The lowest BCUT2D eigenvalue weighted by atomic mass is 10.0. The van der Waals surface area contributed by atoms with Crippen LogP contribution >= 0.6 is 0 Å². The topological polar surface area (TPSA) is 43.2 Å². The molecule has 0 bridgehead atoms. The van der Waals surface area contributed by atoms with Crippen molar-refractivity contribution in [1.82, 2.24) is 4.90 Å². The average molecular weight is 413 g/mol. The Morgan fingerprint density at radius 1 is 0.806 bits per heavy atom. The van der Waals surface area contributed by atoms with Gasteiger partial charge in [-0.25, -0.2) is 0 Å². The number of fused-ring (bicyclic) bond motifs is 4. The van der Waals surface area contributed by atoms with E-state index >= 15 is 0 Å². The lowest BCUT2D eigenvalue weighted by Crippen LogP contribution is -3.15. The Morgan fingerprint density at radius 3 is 2.06 bits per heavy atom. The van der Waals surface area contributed by atoms with E-state index in [0.717, 1.165) is 26.2 Å². The van der Waals surface area contributed by atoms with E-state index in [1.807, 2.05) is 29.2 Å². The molecule has 0 spiro atoms. The van der Waals surface area contributed by atoms with Crippen molar-refractivity contribution in [3.05, 3.63) is 83.9 Å². The van der Waals surface area contributed by atoms with Crippen LogP contribution in [-0.2, 0) is 4.79 Å². The Balaban J connectivity index is 1.17. The Kier molecular flexibility index (Phi) is 4.42. The van der Waals surface area contributed by atoms with Crippen molar-refractivity contribution in [1.29, 1.82) is 0 Å². The molecule has 0 saturated carbocycles. The summed E-state index contributed by atoms with van der Waals surface area (Å²) in [5.41, 5.74) is 5.50. The number of quaternary nitrogens is 1. The summed E-state index contributed by atoms with van der Waals surface area (Å²) in [6, 6.07) is 25.3. The minimum atomic E-state index is -0.565. The lowest BCUT2D eigenvalue weighted by molar-refractivity contribution is -0.929. The first-order valence-electron chi connectivity index (χ1n) is 11.0. The zero-order valence-corrected chi connectivity index (χ0v) is 17.3. The molecule has 31 heavy (non-hydrogen) atoms. The van der Waals surface area contributed by atoms with Crippen molar-refractivity contribution in [2.45, 2.75) is 12.1 Å². The number of ether oxygens (including phenoxy) is 2. The standard InChI is InChI=1S/C26H24N2O3/c29-26(24-17-30-22-11-5-6-12-23(22)31-24)28-15-13-27(14-16-28)25-20-9-3-1-7-18(20)19-8-2-4-10-21(19)25/h1-12,24-25H,13-17H2/p+1/t24-/m1/s1. The molecular formula is C26H25N2O3+. The van der Waals surface area contributed by atoms with E-state index in [2.05, 4.69) is 48.5 Å². The van der Waals surface area contributed by atoms with Gasteiger partial charge in [-0.3, -0.25) is 4.79 Å². The molecule has 0 radical (unpaired) electrons. The molecule has 1 fully saturated rings. The number of benzene rings is 3. The number of nitrogens with zero attached hydrogens (tertiary/aromatic N) is 1. The van der Waals surface area contributed by atoms with Gasteiger partial charge >= 0.3 is 0 Å². The van der Waals surface area contributed by atoms with Gasteiger partial charge in [0.25, 0.3) is 5.91 Å². The molecule has 6 rings (SSSR count). The highest BCUT2D eigenvalue weighted by molar-refractivity contribution is 5.82.